The minimum Gasteiger partial charge on any atom is -0.503 e. The maximum atomic E-state index is 10.0. The molecule has 1 aromatic rings. The zero-order valence-corrected chi connectivity index (χ0v) is 14.6. The molecule has 2 N–H and O–H groups in total. The summed E-state index contributed by atoms with van der Waals surface area (Å²) in [5.74, 6) is 1.18. The molecule has 2 fully saturated rings. The Morgan fingerprint density at radius 2 is 1.91 bits per heavy atom. The number of aromatic hydroxyl groups is 1. The predicted octanol–water partition coefficient (Wildman–Crippen LogP) is 3.58. The van der Waals surface area contributed by atoms with E-state index in [0.29, 0.717) is 22.7 Å². The molecule has 0 unspecified atom stereocenters. The second-order valence-corrected chi connectivity index (χ2v) is 7.09. The summed E-state index contributed by atoms with van der Waals surface area (Å²) in [4.78, 5) is 2.58. The van der Waals surface area contributed by atoms with Crippen LogP contribution >= 0.6 is 11.6 Å². The molecule has 1 aliphatic carbocycles. The van der Waals surface area contributed by atoms with Crippen molar-refractivity contribution in [2.75, 3.05) is 33.3 Å². The smallest absolute Gasteiger partial charge is 0.176 e. The molecular formula is C18H27ClN2O2. The summed E-state index contributed by atoms with van der Waals surface area (Å²) in [5.41, 5.74) is 1.18. The Bertz CT molecular complexity index is 508. The van der Waals surface area contributed by atoms with E-state index in [1.165, 1.54) is 37.7 Å². The topological polar surface area (TPSA) is 44.7 Å². The van der Waals surface area contributed by atoms with E-state index in [1.807, 2.05) is 12.1 Å². The van der Waals surface area contributed by atoms with Gasteiger partial charge in [-0.2, -0.15) is 0 Å². The van der Waals surface area contributed by atoms with E-state index in [9.17, 15) is 5.11 Å². The number of phenolic OH excluding ortho intramolecular Hbond substituents is 1. The van der Waals surface area contributed by atoms with E-state index >= 15 is 0 Å². The van der Waals surface area contributed by atoms with Crippen molar-refractivity contribution >= 4 is 11.6 Å². The van der Waals surface area contributed by atoms with Crippen LogP contribution in [0.1, 0.15) is 43.7 Å². The van der Waals surface area contributed by atoms with Crippen molar-refractivity contribution in [1.82, 2.24) is 10.2 Å². The summed E-state index contributed by atoms with van der Waals surface area (Å²) >= 11 is 6.26. The van der Waals surface area contributed by atoms with Gasteiger partial charge in [0.25, 0.3) is 0 Å². The van der Waals surface area contributed by atoms with Crippen LogP contribution in [0.25, 0.3) is 0 Å². The molecule has 128 valence electrons. The molecule has 23 heavy (non-hydrogen) atoms. The molecule has 0 amide bonds. The highest BCUT2D eigenvalue weighted by atomic mass is 35.5. The predicted molar refractivity (Wildman–Crippen MR) is 93.4 cm³/mol. The van der Waals surface area contributed by atoms with Crippen molar-refractivity contribution < 1.29 is 9.84 Å². The molecule has 0 radical (unpaired) electrons. The molecule has 1 saturated carbocycles. The lowest BCUT2D eigenvalue weighted by Gasteiger charge is -2.41. The Kier molecular flexibility index (Phi) is 5.67. The Hall–Kier alpha value is -0.970. The first-order valence-corrected chi connectivity index (χ1v) is 9.09. The van der Waals surface area contributed by atoms with E-state index < -0.39 is 0 Å². The number of nitrogens with one attached hydrogen (secondary N) is 1. The Morgan fingerprint density at radius 1 is 1.22 bits per heavy atom. The van der Waals surface area contributed by atoms with Gasteiger partial charge in [-0.05, 0) is 36.5 Å². The molecule has 0 bridgehead atoms. The molecule has 1 aliphatic heterocycles. The van der Waals surface area contributed by atoms with Crippen LogP contribution in [-0.4, -0.2) is 43.3 Å². The highest BCUT2D eigenvalue weighted by Crippen LogP contribution is 2.43. The zero-order valence-electron chi connectivity index (χ0n) is 13.9. The van der Waals surface area contributed by atoms with Gasteiger partial charge in [-0.3, -0.25) is 4.90 Å². The Balaban J connectivity index is 1.94. The van der Waals surface area contributed by atoms with Crippen molar-refractivity contribution in [2.24, 2.45) is 5.92 Å². The molecule has 0 aromatic heterocycles. The number of methoxy groups -OCH3 is 1. The first kappa shape index (κ1) is 16.9. The lowest BCUT2D eigenvalue weighted by Crippen LogP contribution is -2.47. The third-order valence-corrected chi connectivity index (χ3v) is 5.54. The van der Waals surface area contributed by atoms with Crippen molar-refractivity contribution in [3.8, 4) is 11.5 Å². The number of phenols is 1. The lowest BCUT2D eigenvalue weighted by atomic mass is 9.80. The molecule has 2 aliphatic rings. The summed E-state index contributed by atoms with van der Waals surface area (Å²) in [6.07, 6.45) is 6.53. The van der Waals surface area contributed by atoms with Gasteiger partial charge >= 0.3 is 0 Å². The van der Waals surface area contributed by atoms with Gasteiger partial charge in [0.2, 0.25) is 0 Å². The number of benzene rings is 1. The normalized spacial score (nSPS) is 22.0. The quantitative estimate of drug-likeness (QED) is 0.880. The number of piperazine rings is 1. The minimum absolute atomic E-state index is 0.0422. The van der Waals surface area contributed by atoms with E-state index in [0.717, 1.165) is 26.2 Å². The number of hydrogen-bond donors (Lipinski definition) is 2. The zero-order chi connectivity index (χ0) is 16.2. The highest BCUT2D eigenvalue weighted by Gasteiger charge is 2.32. The lowest BCUT2D eigenvalue weighted by molar-refractivity contribution is 0.103. The molecule has 1 aromatic carbocycles. The SMILES string of the molecule is COc1cc([C@@H](C2CCCCC2)N2CCNCC2)cc(Cl)c1O. The number of halogens is 1. The van der Waals surface area contributed by atoms with Crippen LogP contribution in [0.3, 0.4) is 0 Å². The fourth-order valence-electron chi connectivity index (χ4n) is 4.11. The molecule has 0 spiro atoms. The van der Waals surface area contributed by atoms with Gasteiger partial charge in [-0.15, -0.1) is 0 Å². The summed E-state index contributed by atoms with van der Waals surface area (Å²) in [6.45, 7) is 4.18. The van der Waals surface area contributed by atoms with Crippen LogP contribution in [0.4, 0.5) is 0 Å². The summed E-state index contributed by atoms with van der Waals surface area (Å²) in [7, 11) is 1.58. The Morgan fingerprint density at radius 3 is 2.57 bits per heavy atom. The van der Waals surface area contributed by atoms with Gasteiger partial charge in [-0.25, -0.2) is 0 Å². The van der Waals surface area contributed by atoms with Crippen molar-refractivity contribution in [3.63, 3.8) is 0 Å². The highest BCUT2D eigenvalue weighted by molar-refractivity contribution is 6.32. The molecule has 1 saturated heterocycles. The standard InChI is InChI=1S/C18H27ClN2O2/c1-23-16-12-14(11-15(19)18(16)22)17(13-5-3-2-4-6-13)21-9-7-20-8-10-21/h11-13,17,20,22H,2-10H2,1H3/t17-/m1/s1. The first-order chi connectivity index (χ1) is 11.2. The van der Waals surface area contributed by atoms with E-state index in [2.05, 4.69) is 10.2 Å². The van der Waals surface area contributed by atoms with Gasteiger partial charge in [0, 0.05) is 32.2 Å². The fraction of sp³-hybridized carbons (Fsp3) is 0.667. The molecule has 1 atom stereocenters. The largest absolute Gasteiger partial charge is 0.503 e. The summed E-state index contributed by atoms with van der Waals surface area (Å²) < 4.78 is 5.33. The fourth-order valence-corrected chi connectivity index (χ4v) is 4.33. The van der Waals surface area contributed by atoms with E-state index in [-0.39, 0.29) is 5.75 Å². The molecule has 4 nitrogen and oxygen atoms in total. The van der Waals surface area contributed by atoms with Gasteiger partial charge < -0.3 is 15.2 Å². The summed E-state index contributed by atoms with van der Waals surface area (Å²) in [5, 5.41) is 13.9. The summed E-state index contributed by atoms with van der Waals surface area (Å²) in [6, 6.07) is 4.27. The number of ether oxygens (including phenoxy) is 1. The number of rotatable bonds is 4. The van der Waals surface area contributed by atoms with Crippen LogP contribution in [0, 0.1) is 5.92 Å². The van der Waals surface area contributed by atoms with Gasteiger partial charge in [0.15, 0.2) is 11.5 Å². The molecule has 5 heteroatoms. The van der Waals surface area contributed by atoms with Crippen LogP contribution < -0.4 is 10.1 Å². The maximum absolute atomic E-state index is 10.0. The monoisotopic (exact) mass is 338 g/mol. The number of nitrogens with zero attached hydrogens (tertiary/aromatic N) is 1. The van der Waals surface area contributed by atoms with Crippen molar-refractivity contribution in [3.05, 3.63) is 22.7 Å². The average Bonchev–Trinajstić information content (AvgIpc) is 2.60. The molecular weight excluding hydrogens is 312 g/mol. The van der Waals surface area contributed by atoms with Crippen LogP contribution in [0.15, 0.2) is 12.1 Å². The van der Waals surface area contributed by atoms with Crippen LogP contribution in [0.5, 0.6) is 11.5 Å². The van der Waals surface area contributed by atoms with Crippen molar-refractivity contribution in [1.29, 1.82) is 0 Å². The molecule has 1 heterocycles. The van der Waals surface area contributed by atoms with E-state index in [1.54, 1.807) is 7.11 Å². The third kappa shape index (κ3) is 3.76. The molecule has 3 rings (SSSR count). The second kappa shape index (κ2) is 7.73. The average molecular weight is 339 g/mol. The minimum atomic E-state index is 0.0422. The van der Waals surface area contributed by atoms with Gasteiger partial charge in [-0.1, -0.05) is 30.9 Å². The third-order valence-electron chi connectivity index (χ3n) is 5.25. The maximum Gasteiger partial charge on any atom is 0.176 e. The van der Waals surface area contributed by atoms with Gasteiger partial charge in [0.1, 0.15) is 0 Å². The van der Waals surface area contributed by atoms with E-state index in [4.69, 9.17) is 16.3 Å². The van der Waals surface area contributed by atoms with Crippen LogP contribution in [0.2, 0.25) is 5.02 Å². The first-order valence-electron chi connectivity index (χ1n) is 8.72. The van der Waals surface area contributed by atoms with Gasteiger partial charge in [0.05, 0.1) is 12.1 Å². The second-order valence-electron chi connectivity index (χ2n) is 6.68. The van der Waals surface area contributed by atoms with Crippen LogP contribution in [-0.2, 0) is 0 Å². The number of hydrogen-bond acceptors (Lipinski definition) is 4. The van der Waals surface area contributed by atoms with Crippen molar-refractivity contribution in [2.45, 2.75) is 38.1 Å². The Labute approximate surface area is 143 Å².